The molecular weight excluding hydrogens is 579 g/mol. The van der Waals surface area contributed by atoms with Crippen LogP contribution in [0.3, 0.4) is 0 Å². The van der Waals surface area contributed by atoms with Crippen molar-refractivity contribution in [3.63, 3.8) is 0 Å². The molecule has 0 aliphatic heterocycles. The fourth-order valence-electron chi connectivity index (χ4n) is 5.63. The number of hydrogen-bond acceptors (Lipinski definition) is 5. The summed E-state index contributed by atoms with van der Waals surface area (Å²) in [6.45, 7) is 12.1. The Morgan fingerprint density at radius 1 is 0.689 bits per heavy atom. The van der Waals surface area contributed by atoms with Gasteiger partial charge in [0.1, 0.15) is 12.2 Å². The zero-order valence-electron chi connectivity index (χ0n) is 26.9. The van der Waals surface area contributed by atoms with Crippen molar-refractivity contribution in [2.24, 2.45) is 0 Å². The molecule has 0 unspecified atom stereocenters. The third kappa shape index (κ3) is 7.44. The molecule has 1 aromatic heterocycles. The maximum absolute atomic E-state index is 14.0. The van der Waals surface area contributed by atoms with Crippen molar-refractivity contribution in [2.75, 3.05) is 0 Å². The van der Waals surface area contributed by atoms with Crippen LogP contribution in [-0.4, -0.2) is 31.3 Å². The smallest absolute Gasteiger partial charge is 0.419 e. The molecule has 0 aliphatic carbocycles. The zero-order chi connectivity index (χ0) is 32.2. The van der Waals surface area contributed by atoms with E-state index < -0.39 is 32.1 Å². The standard InChI is InChI=1S/C38H41NO5Si/c1-37(2,3)34-32(26-43-45(28-19-12-8-13-20-28)29-21-14-9-15-22-29)39(36(41)44-38(4,5)6)31-24-16-23-30(33(31)34)35(40)42-25-27-17-10-7-11-18-27/h7-24,45H,25-26H2,1-6H3. The van der Waals surface area contributed by atoms with Gasteiger partial charge in [-0.1, -0.05) is 118 Å². The molecule has 0 aliphatic rings. The normalized spacial score (nSPS) is 12.0. The van der Waals surface area contributed by atoms with Gasteiger partial charge in [-0.2, -0.15) is 0 Å². The number of hydrogen-bond donors (Lipinski definition) is 0. The average molecular weight is 620 g/mol. The van der Waals surface area contributed by atoms with Crippen LogP contribution in [0.25, 0.3) is 10.9 Å². The van der Waals surface area contributed by atoms with Crippen LogP contribution >= 0.6 is 0 Å². The maximum atomic E-state index is 14.0. The predicted octanol–water partition coefficient (Wildman–Crippen LogP) is 7.13. The highest BCUT2D eigenvalue weighted by Crippen LogP contribution is 2.39. The van der Waals surface area contributed by atoms with Crippen LogP contribution in [0.4, 0.5) is 4.79 Å². The van der Waals surface area contributed by atoms with Crippen LogP contribution in [0.2, 0.25) is 0 Å². The number of rotatable bonds is 8. The van der Waals surface area contributed by atoms with Gasteiger partial charge in [0.25, 0.3) is 0 Å². The molecule has 45 heavy (non-hydrogen) atoms. The Balaban J connectivity index is 1.65. The predicted molar refractivity (Wildman–Crippen MR) is 182 cm³/mol. The lowest BCUT2D eigenvalue weighted by molar-refractivity contribution is 0.0472. The molecule has 0 amide bonds. The van der Waals surface area contributed by atoms with Gasteiger partial charge in [0.2, 0.25) is 9.04 Å². The van der Waals surface area contributed by atoms with Crippen LogP contribution < -0.4 is 10.4 Å². The summed E-state index contributed by atoms with van der Waals surface area (Å²) in [5.74, 6) is -0.454. The van der Waals surface area contributed by atoms with Gasteiger partial charge in [0.15, 0.2) is 0 Å². The van der Waals surface area contributed by atoms with E-state index in [1.165, 1.54) is 0 Å². The molecule has 0 radical (unpaired) electrons. The van der Waals surface area contributed by atoms with Crippen LogP contribution in [0.15, 0.2) is 109 Å². The van der Waals surface area contributed by atoms with Crippen LogP contribution in [-0.2, 0) is 32.5 Å². The van der Waals surface area contributed by atoms with Gasteiger partial charge in [0, 0.05) is 5.39 Å². The summed E-state index contributed by atoms with van der Waals surface area (Å²) in [7, 11) is -2.17. The highest BCUT2D eigenvalue weighted by molar-refractivity contribution is 6.80. The maximum Gasteiger partial charge on any atom is 0.419 e. The van der Waals surface area contributed by atoms with E-state index in [4.69, 9.17) is 13.9 Å². The van der Waals surface area contributed by atoms with Crippen LogP contribution in [0.5, 0.6) is 0 Å². The third-order valence-corrected chi connectivity index (χ3v) is 9.92. The second-order valence-electron chi connectivity index (χ2n) is 13.2. The summed E-state index contributed by atoms with van der Waals surface area (Å²) in [6.07, 6.45) is -0.519. The van der Waals surface area contributed by atoms with E-state index in [1.54, 1.807) is 16.7 Å². The Bertz CT molecular complexity index is 1730. The first kappa shape index (κ1) is 31.9. The fourth-order valence-corrected chi connectivity index (χ4v) is 7.86. The monoisotopic (exact) mass is 619 g/mol. The Morgan fingerprint density at radius 3 is 1.78 bits per heavy atom. The molecule has 7 heteroatoms. The molecule has 232 valence electrons. The molecule has 5 aromatic rings. The van der Waals surface area contributed by atoms with Gasteiger partial charge in [-0.15, -0.1) is 0 Å². The van der Waals surface area contributed by atoms with Gasteiger partial charge in [-0.25, -0.2) is 14.2 Å². The fraction of sp³-hybridized carbons (Fsp3) is 0.263. The highest BCUT2D eigenvalue weighted by atomic mass is 28.3. The molecule has 0 spiro atoms. The van der Waals surface area contributed by atoms with Crippen molar-refractivity contribution < 1.29 is 23.5 Å². The largest absolute Gasteiger partial charge is 0.457 e. The number of esters is 1. The molecular formula is C38H41NO5Si. The molecule has 0 saturated carbocycles. The Kier molecular flexibility index (Phi) is 9.42. The van der Waals surface area contributed by atoms with E-state index in [0.717, 1.165) is 21.5 Å². The summed E-state index contributed by atoms with van der Waals surface area (Å²) < 4.78 is 20.2. The zero-order valence-corrected chi connectivity index (χ0v) is 28.0. The van der Waals surface area contributed by atoms with E-state index in [9.17, 15) is 9.59 Å². The molecule has 4 aromatic carbocycles. The molecule has 1 heterocycles. The molecule has 0 saturated heterocycles. The molecule has 5 rings (SSSR count). The second-order valence-corrected chi connectivity index (χ2v) is 15.6. The minimum atomic E-state index is -2.17. The van der Waals surface area contributed by atoms with Gasteiger partial charge >= 0.3 is 12.1 Å². The van der Waals surface area contributed by atoms with Crippen molar-refractivity contribution in [2.45, 2.75) is 65.8 Å². The summed E-state index contributed by atoms with van der Waals surface area (Å²) in [4.78, 5) is 27.7. The van der Waals surface area contributed by atoms with Crippen LogP contribution in [0.1, 0.15) is 68.7 Å². The number of aromatic nitrogens is 1. The number of benzene rings is 4. The van der Waals surface area contributed by atoms with E-state index in [1.807, 2.05) is 93.6 Å². The molecule has 0 atom stereocenters. The molecule has 6 nitrogen and oxygen atoms in total. The first-order valence-corrected chi connectivity index (χ1v) is 16.9. The lowest BCUT2D eigenvalue weighted by atomic mass is 9.83. The Morgan fingerprint density at radius 2 is 1.24 bits per heavy atom. The van der Waals surface area contributed by atoms with E-state index >= 15 is 0 Å². The lowest BCUT2D eigenvalue weighted by Crippen LogP contribution is -2.45. The van der Waals surface area contributed by atoms with Gasteiger partial charge in [-0.05, 0) is 59.8 Å². The molecule has 0 fully saturated rings. The summed E-state index contributed by atoms with van der Waals surface area (Å²) in [5.41, 5.74) is 2.20. The van der Waals surface area contributed by atoms with E-state index in [2.05, 4.69) is 45.0 Å². The highest BCUT2D eigenvalue weighted by Gasteiger charge is 2.34. The van der Waals surface area contributed by atoms with E-state index in [-0.39, 0.29) is 13.2 Å². The summed E-state index contributed by atoms with van der Waals surface area (Å²) in [5, 5.41) is 2.93. The Hall–Kier alpha value is -4.46. The van der Waals surface area contributed by atoms with Crippen molar-refractivity contribution in [1.29, 1.82) is 0 Å². The molecule has 0 bridgehead atoms. The first-order chi connectivity index (χ1) is 21.4. The quantitative estimate of drug-likeness (QED) is 0.137. The lowest BCUT2D eigenvalue weighted by Gasteiger charge is -2.25. The van der Waals surface area contributed by atoms with E-state index in [0.29, 0.717) is 22.2 Å². The number of carbonyl (C=O) groups is 2. The number of fused-ring (bicyclic) bond motifs is 1. The molecule has 0 N–H and O–H groups in total. The topological polar surface area (TPSA) is 66.8 Å². The SMILES string of the molecule is CC(C)(C)OC(=O)n1c(CO[SiH](c2ccccc2)c2ccccc2)c(C(C)(C)C)c2c(C(=O)OCc3ccccc3)cccc21. The number of nitrogens with zero attached hydrogens (tertiary/aromatic N) is 1. The number of ether oxygens (including phenoxy) is 2. The van der Waals surface area contributed by atoms with Gasteiger partial charge in [-0.3, -0.25) is 0 Å². The van der Waals surface area contributed by atoms with Crippen molar-refractivity contribution >= 4 is 42.4 Å². The minimum Gasteiger partial charge on any atom is -0.457 e. The first-order valence-electron chi connectivity index (χ1n) is 15.3. The van der Waals surface area contributed by atoms with Gasteiger partial charge < -0.3 is 13.9 Å². The van der Waals surface area contributed by atoms with Crippen LogP contribution in [0, 0.1) is 0 Å². The Labute approximate surface area is 267 Å². The van der Waals surface area contributed by atoms with Crippen molar-refractivity contribution in [3.05, 3.63) is 132 Å². The van der Waals surface area contributed by atoms with Crippen molar-refractivity contribution in [3.8, 4) is 0 Å². The summed E-state index contributed by atoms with van der Waals surface area (Å²) >= 11 is 0. The second kappa shape index (κ2) is 13.3. The number of carbonyl (C=O) groups excluding carboxylic acids is 2. The average Bonchev–Trinajstić information content (AvgIpc) is 3.36. The van der Waals surface area contributed by atoms with Crippen molar-refractivity contribution in [1.82, 2.24) is 4.57 Å². The van der Waals surface area contributed by atoms with Gasteiger partial charge in [0.05, 0.1) is 23.4 Å². The third-order valence-electron chi connectivity index (χ3n) is 7.44. The minimum absolute atomic E-state index is 0.144. The summed E-state index contributed by atoms with van der Waals surface area (Å²) in [6, 6.07) is 35.5.